The van der Waals surface area contributed by atoms with Crippen LogP contribution in [0.3, 0.4) is 0 Å². The summed E-state index contributed by atoms with van der Waals surface area (Å²) in [6.45, 7) is 2.26. The second kappa shape index (κ2) is 6.04. The molecule has 0 bridgehead atoms. The highest BCUT2D eigenvalue weighted by Crippen LogP contribution is 2.37. The van der Waals surface area contributed by atoms with E-state index in [4.69, 9.17) is 4.74 Å². The van der Waals surface area contributed by atoms with Crippen molar-refractivity contribution in [2.24, 2.45) is 5.92 Å². The van der Waals surface area contributed by atoms with Crippen molar-refractivity contribution in [2.75, 3.05) is 34.3 Å². The van der Waals surface area contributed by atoms with Gasteiger partial charge in [-0.2, -0.15) is 0 Å². The molecule has 0 radical (unpaired) electrons. The molecule has 1 aliphatic heterocycles. The fourth-order valence-corrected chi connectivity index (χ4v) is 3.58. The smallest absolute Gasteiger partial charge is 0.119 e. The third-order valence-electron chi connectivity index (χ3n) is 4.65. The molecule has 1 saturated heterocycles. The standard InChI is InChI=1S/C18H24N2O/c1-19-12-16-8-9-20(2)18(16)15-5-4-14-11-17(21-3)7-6-13(14)10-15/h4-7,10-11,16,18-19H,8-9,12H2,1-3H3. The second-order valence-corrected chi connectivity index (χ2v) is 6.00. The van der Waals surface area contributed by atoms with Crippen molar-refractivity contribution in [3.05, 3.63) is 42.0 Å². The zero-order chi connectivity index (χ0) is 14.8. The number of benzene rings is 2. The Morgan fingerprint density at radius 2 is 1.95 bits per heavy atom. The van der Waals surface area contributed by atoms with Crippen molar-refractivity contribution in [2.45, 2.75) is 12.5 Å². The van der Waals surface area contributed by atoms with Gasteiger partial charge < -0.3 is 10.1 Å². The summed E-state index contributed by atoms with van der Waals surface area (Å²) in [4.78, 5) is 2.48. The Bertz CT molecular complexity index is 624. The number of fused-ring (bicyclic) bond motifs is 1. The lowest BCUT2D eigenvalue weighted by molar-refractivity contribution is 0.274. The lowest BCUT2D eigenvalue weighted by Crippen LogP contribution is -2.26. The first-order chi connectivity index (χ1) is 10.2. The van der Waals surface area contributed by atoms with Crippen LogP contribution < -0.4 is 10.1 Å². The Labute approximate surface area is 126 Å². The quantitative estimate of drug-likeness (QED) is 0.934. The Morgan fingerprint density at radius 1 is 1.19 bits per heavy atom. The van der Waals surface area contributed by atoms with Crippen LogP contribution in [0, 0.1) is 5.92 Å². The predicted octanol–water partition coefficient (Wildman–Crippen LogP) is 3.06. The van der Waals surface area contributed by atoms with Crippen LogP contribution in [-0.4, -0.2) is 39.2 Å². The first-order valence-electron chi connectivity index (χ1n) is 7.65. The molecule has 3 heteroatoms. The molecular formula is C18H24N2O. The van der Waals surface area contributed by atoms with E-state index in [0.29, 0.717) is 12.0 Å². The average Bonchev–Trinajstić information content (AvgIpc) is 2.87. The zero-order valence-corrected chi connectivity index (χ0v) is 13.1. The van der Waals surface area contributed by atoms with E-state index in [0.717, 1.165) is 12.3 Å². The van der Waals surface area contributed by atoms with Crippen molar-refractivity contribution in [1.82, 2.24) is 10.2 Å². The maximum Gasteiger partial charge on any atom is 0.119 e. The van der Waals surface area contributed by atoms with Gasteiger partial charge in [-0.25, -0.2) is 0 Å². The van der Waals surface area contributed by atoms with E-state index < -0.39 is 0 Å². The van der Waals surface area contributed by atoms with Gasteiger partial charge in [0.05, 0.1) is 7.11 Å². The number of likely N-dealkylation sites (tertiary alicyclic amines) is 1. The summed E-state index contributed by atoms with van der Waals surface area (Å²) in [6, 6.07) is 13.6. The van der Waals surface area contributed by atoms with Gasteiger partial charge in [0.25, 0.3) is 0 Å². The van der Waals surface area contributed by atoms with Gasteiger partial charge >= 0.3 is 0 Å². The molecular weight excluding hydrogens is 260 g/mol. The number of rotatable bonds is 4. The van der Waals surface area contributed by atoms with Gasteiger partial charge in [0.15, 0.2) is 0 Å². The number of hydrogen-bond donors (Lipinski definition) is 1. The average molecular weight is 284 g/mol. The number of nitrogens with one attached hydrogen (secondary N) is 1. The van der Waals surface area contributed by atoms with Gasteiger partial charge in [-0.05, 0) is 74.1 Å². The lowest BCUT2D eigenvalue weighted by atomic mass is 9.92. The number of ether oxygens (including phenoxy) is 1. The number of hydrogen-bond acceptors (Lipinski definition) is 3. The van der Waals surface area contributed by atoms with E-state index in [1.165, 1.54) is 29.3 Å². The minimum Gasteiger partial charge on any atom is -0.497 e. The highest BCUT2D eigenvalue weighted by Gasteiger charge is 2.32. The van der Waals surface area contributed by atoms with Gasteiger partial charge in [-0.15, -0.1) is 0 Å². The van der Waals surface area contributed by atoms with E-state index in [-0.39, 0.29) is 0 Å². The summed E-state index contributed by atoms with van der Waals surface area (Å²) >= 11 is 0. The molecule has 1 aliphatic rings. The van der Waals surface area contributed by atoms with Crippen LogP contribution >= 0.6 is 0 Å². The molecule has 0 aliphatic carbocycles. The highest BCUT2D eigenvalue weighted by atomic mass is 16.5. The molecule has 21 heavy (non-hydrogen) atoms. The Hall–Kier alpha value is -1.58. The largest absolute Gasteiger partial charge is 0.497 e. The molecule has 2 aromatic carbocycles. The third kappa shape index (κ3) is 2.76. The normalized spacial score (nSPS) is 22.8. The van der Waals surface area contributed by atoms with Crippen molar-refractivity contribution in [1.29, 1.82) is 0 Å². The topological polar surface area (TPSA) is 24.5 Å². The van der Waals surface area contributed by atoms with E-state index in [9.17, 15) is 0 Å². The molecule has 0 aromatic heterocycles. The van der Waals surface area contributed by atoms with Crippen LogP contribution in [0.15, 0.2) is 36.4 Å². The first-order valence-corrected chi connectivity index (χ1v) is 7.65. The Morgan fingerprint density at radius 3 is 2.71 bits per heavy atom. The van der Waals surface area contributed by atoms with Crippen LogP contribution in [0.25, 0.3) is 10.8 Å². The Kier molecular flexibility index (Phi) is 4.13. The minimum absolute atomic E-state index is 0.518. The molecule has 0 amide bonds. The summed E-state index contributed by atoms with van der Waals surface area (Å²) in [5.74, 6) is 1.61. The SMILES string of the molecule is CNCC1CCN(C)C1c1ccc2cc(OC)ccc2c1. The van der Waals surface area contributed by atoms with Gasteiger partial charge in [-0.3, -0.25) is 4.90 Å². The molecule has 3 nitrogen and oxygen atoms in total. The third-order valence-corrected chi connectivity index (χ3v) is 4.65. The van der Waals surface area contributed by atoms with E-state index in [2.05, 4.69) is 47.6 Å². The van der Waals surface area contributed by atoms with E-state index >= 15 is 0 Å². The van der Waals surface area contributed by atoms with Crippen LogP contribution in [0.4, 0.5) is 0 Å². The molecule has 1 N–H and O–H groups in total. The lowest BCUT2D eigenvalue weighted by Gasteiger charge is -2.26. The maximum atomic E-state index is 5.30. The van der Waals surface area contributed by atoms with Gasteiger partial charge in [0, 0.05) is 6.04 Å². The molecule has 2 atom stereocenters. The van der Waals surface area contributed by atoms with Crippen molar-refractivity contribution in [3.8, 4) is 5.75 Å². The molecule has 2 unspecified atom stereocenters. The monoisotopic (exact) mass is 284 g/mol. The van der Waals surface area contributed by atoms with Gasteiger partial charge in [-0.1, -0.05) is 18.2 Å². The maximum absolute atomic E-state index is 5.30. The van der Waals surface area contributed by atoms with Gasteiger partial charge in [0.2, 0.25) is 0 Å². The predicted molar refractivity (Wildman–Crippen MR) is 87.9 cm³/mol. The zero-order valence-electron chi connectivity index (χ0n) is 13.1. The van der Waals surface area contributed by atoms with E-state index in [1.54, 1.807) is 7.11 Å². The molecule has 3 rings (SSSR count). The summed E-state index contributed by atoms with van der Waals surface area (Å²) in [5, 5.41) is 5.87. The molecule has 0 spiro atoms. The highest BCUT2D eigenvalue weighted by molar-refractivity contribution is 5.84. The summed E-state index contributed by atoms with van der Waals surface area (Å²) in [7, 11) is 5.99. The number of nitrogens with zero attached hydrogens (tertiary/aromatic N) is 1. The Balaban J connectivity index is 1.96. The van der Waals surface area contributed by atoms with Crippen LogP contribution in [0.2, 0.25) is 0 Å². The van der Waals surface area contributed by atoms with Crippen molar-refractivity contribution >= 4 is 10.8 Å². The fourth-order valence-electron chi connectivity index (χ4n) is 3.58. The molecule has 2 aromatic rings. The van der Waals surface area contributed by atoms with E-state index in [1.807, 2.05) is 13.1 Å². The summed E-state index contributed by atoms with van der Waals surface area (Å²) in [6.07, 6.45) is 1.27. The van der Waals surface area contributed by atoms with Crippen LogP contribution in [0.1, 0.15) is 18.0 Å². The van der Waals surface area contributed by atoms with Crippen molar-refractivity contribution in [3.63, 3.8) is 0 Å². The first kappa shape index (κ1) is 14.4. The summed E-state index contributed by atoms with van der Waals surface area (Å²) in [5.41, 5.74) is 1.42. The molecule has 1 heterocycles. The molecule has 1 fully saturated rings. The fraction of sp³-hybridized carbons (Fsp3) is 0.444. The molecule has 0 saturated carbocycles. The van der Waals surface area contributed by atoms with Crippen LogP contribution in [0.5, 0.6) is 5.75 Å². The van der Waals surface area contributed by atoms with Crippen LogP contribution in [-0.2, 0) is 0 Å². The van der Waals surface area contributed by atoms with Crippen molar-refractivity contribution < 1.29 is 4.74 Å². The number of methoxy groups -OCH3 is 1. The second-order valence-electron chi connectivity index (χ2n) is 6.00. The van der Waals surface area contributed by atoms with Gasteiger partial charge in [0.1, 0.15) is 5.75 Å². The summed E-state index contributed by atoms with van der Waals surface area (Å²) < 4.78 is 5.30. The minimum atomic E-state index is 0.518. The molecule has 112 valence electrons.